The fourth-order valence-corrected chi connectivity index (χ4v) is 1.43. The van der Waals surface area contributed by atoms with Crippen LogP contribution in [-0.2, 0) is 6.42 Å². The van der Waals surface area contributed by atoms with E-state index in [0.717, 1.165) is 18.2 Å². The Morgan fingerprint density at radius 2 is 2.22 bits per heavy atom. The van der Waals surface area contributed by atoms with Crippen LogP contribution >= 0.6 is 0 Å². The molecule has 0 saturated carbocycles. The molecule has 1 aromatic carbocycles. The predicted octanol–water partition coefficient (Wildman–Crippen LogP) is 1.29. The standard InChI is InChI=1S/C10H9FN4O3/c11-6-1-2-8(15(16)17)7(5-6)10-14-13-9(18-10)3-4-12/h1-2,5H,3-4,12H2. The van der Waals surface area contributed by atoms with Crippen LogP contribution < -0.4 is 5.73 Å². The number of nitro benzene ring substituents is 1. The highest BCUT2D eigenvalue weighted by molar-refractivity contribution is 5.66. The van der Waals surface area contributed by atoms with Crippen molar-refractivity contribution < 1.29 is 13.7 Å². The van der Waals surface area contributed by atoms with Gasteiger partial charge in [0.1, 0.15) is 11.4 Å². The zero-order valence-corrected chi connectivity index (χ0v) is 9.17. The molecule has 0 aliphatic heterocycles. The summed E-state index contributed by atoms with van der Waals surface area (Å²) in [5, 5.41) is 18.1. The molecule has 0 bridgehead atoms. The lowest BCUT2D eigenvalue weighted by molar-refractivity contribution is -0.384. The fraction of sp³-hybridized carbons (Fsp3) is 0.200. The summed E-state index contributed by atoms with van der Waals surface area (Å²) in [5.74, 6) is -0.454. The van der Waals surface area contributed by atoms with E-state index in [1.165, 1.54) is 0 Å². The monoisotopic (exact) mass is 252 g/mol. The average molecular weight is 252 g/mol. The van der Waals surface area contributed by atoms with E-state index in [-0.39, 0.29) is 23.0 Å². The minimum atomic E-state index is -0.637. The second kappa shape index (κ2) is 4.88. The summed E-state index contributed by atoms with van der Waals surface area (Å²) in [6.07, 6.45) is 0.357. The van der Waals surface area contributed by atoms with Gasteiger partial charge in [0.15, 0.2) is 0 Å². The van der Waals surface area contributed by atoms with E-state index >= 15 is 0 Å². The lowest BCUT2D eigenvalue weighted by atomic mass is 10.2. The van der Waals surface area contributed by atoms with Crippen LogP contribution in [0, 0.1) is 15.9 Å². The third-order valence-corrected chi connectivity index (χ3v) is 2.21. The lowest BCUT2D eigenvalue weighted by Crippen LogP contribution is -2.02. The first-order valence-electron chi connectivity index (χ1n) is 5.08. The molecule has 7 nitrogen and oxygen atoms in total. The van der Waals surface area contributed by atoms with Crippen molar-refractivity contribution in [2.75, 3.05) is 6.54 Å². The second-order valence-electron chi connectivity index (χ2n) is 3.46. The number of aromatic nitrogens is 2. The maximum Gasteiger partial charge on any atom is 0.282 e. The van der Waals surface area contributed by atoms with Gasteiger partial charge in [0.25, 0.3) is 11.6 Å². The van der Waals surface area contributed by atoms with Crippen molar-refractivity contribution in [2.24, 2.45) is 5.73 Å². The number of hydrogen-bond acceptors (Lipinski definition) is 6. The van der Waals surface area contributed by atoms with E-state index in [4.69, 9.17) is 10.2 Å². The van der Waals surface area contributed by atoms with Gasteiger partial charge in [0, 0.05) is 19.0 Å². The molecule has 2 rings (SSSR count). The van der Waals surface area contributed by atoms with Gasteiger partial charge in [0.2, 0.25) is 5.89 Å². The Hall–Kier alpha value is -2.35. The maximum absolute atomic E-state index is 13.1. The van der Waals surface area contributed by atoms with Gasteiger partial charge in [-0.25, -0.2) is 4.39 Å². The highest BCUT2D eigenvalue weighted by Crippen LogP contribution is 2.29. The van der Waals surface area contributed by atoms with E-state index in [1.54, 1.807) is 0 Å². The molecule has 0 unspecified atom stereocenters. The second-order valence-corrected chi connectivity index (χ2v) is 3.46. The van der Waals surface area contributed by atoms with E-state index in [9.17, 15) is 14.5 Å². The van der Waals surface area contributed by atoms with Gasteiger partial charge in [-0.05, 0) is 12.1 Å². The molecule has 0 fully saturated rings. The van der Waals surface area contributed by atoms with Gasteiger partial charge in [-0.2, -0.15) is 0 Å². The number of nitrogens with zero attached hydrogens (tertiary/aromatic N) is 3. The van der Waals surface area contributed by atoms with Crippen molar-refractivity contribution in [1.29, 1.82) is 0 Å². The highest BCUT2D eigenvalue weighted by Gasteiger charge is 2.20. The molecule has 2 aromatic rings. The Balaban J connectivity index is 2.47. The summed E-state index contributed by atoms with van der Waals surface area (Å²) in [5.41, 5.74) is 4.98. The van der Waals surface area contributed by atoms with Crippen LogP contribution in [0.5, 0.6) is 0 Å². The van der Waals surface area contributed by atoms with Crippen LogP contribution in [0.15, 0.2) is 22.6 Å². The molecule has 2 N–H and O–H groups in total. The third kappa shape index (κ3) is 2.33. The van der Waals surface area contributed by atoms with Crippen molar-refractivity contribution >= 4 is 5.69 Å². The Morgan fingerprint density at radius 3 is 2.89 bits per heavy atom. The summed E-state index contributed by atoms with van der Waals surface area (Å²) in [7, 11) is 0. The molecular formula is C10H9FN4O3. The summed E-state index contributed by atoms with van der Waals surface area (Å²) in [4.78, 5) is 10.2. The van der Waals surface area contributed by atoms with Gasteiger partial charge in [-0.1, -0.05) is 0 Å². The van der Waals surface area contributed by atoms with E-state index in [1.807, 2.05) is 0 Å². The molecule has 0 saturated heterocycles. The Morgan fingerprint density at radius 1 is 1.44 bits per heavy atom. The van der Waals surface area contributed by atoms with Gasteiger partial charge in [-0.3, -0.25) is 10.1 Å². The Labute approximate surface area is 101 Å². The lowest BCUT2D eigenvalue weighted by Gasteiger charge is -1.98. The molecule has 0 spiro atoms. The molecule has 0 atom stereocenters. The largest absolute Gasteiger partial charge is 0.420 e. The third-order valence-electron chi connectivity index (χ3n) is 2.21. The van der Waals surface area contributed by atoms with Gasteiger partial charge >= 0.3 is 0 Å². The molecule has 0 amide bonds. The molecule has 1 heterocycles. The molecule has 94 valence electrons. The van der Waals surface area contributed by atoms with Gasteiger partial charge < -0.3 is 10.2 Å². The predicted molar refractivity (Wildman–Crippen MR) is 59.1 cm³/mol. The number of hydrogen-bond donors (Lipinski definition) is 1. The van der Waals surface area contributed by atoms with Gasteiger partial charge in [-0.15, -0.1) is 10.2 Å². The zero-order chi connectivity index (χ0) is 13.1. The van der Waals surface area contributed by atoms with Crippen LogP contribution in [0.3, 0.4) is 0 Å². The number of benzene rings is 1. The van der Waals surface area contributed by atoms with Crippen LogP contribution in [0.25, 0.3) is 11.5 Å². The van der Waals surface area contributed by atoms with Crippen LogP contribution in [-0.4, -0.2) is 21.7 Å². The number of nitrogens with two attached hydrogens (primary N) is 1. The topological polar surface area (TPSA) is 108 Å². The van der Waals surface area contributed by atoms with E-state index in [0.29, 0.717) is 13.0 Å². The summed E-state index contributed by atoms with van der Waals surface area (Å²) in [6.45, 7) is 0.312. The van der Waals surface area contributed by atoms with Crippen LogP contribution in [0.4, 0.5) is 10.1 Å². The fourth-order valence-electron chi connectivity index (χ4n) is 1.43. The molecular weight excluding hydrogens is 243 g/mol. The van der Waals surface area contributed by atoms with Crippen molar-refractivity contribution in [3.05, 3.63) is 40.0 Å². The normalized spacial score (nSPS) is 10.6. The summed E-state index contributed by atoms with van der Waals surface area (Å²) in [6, 6.07) is 3.04. The smallest absolute Gasteiger partial charge is 0.282 e. The minimum absolute atomic E-state index is 0.0456. The molecule has 18 heavy (non-hydrogen) atoms. The van der Waals surface area contributed by atoms with Crippen molar-refractivity contribution in [3.8, 4) is 11.5 Å². The van der Waals surface area contributed by atoms with Crippen molar-refractivity contribution in [1.82, 2.24) is 10.2 Å². The van der Waals surface area contributed by atoms with Crippen molar-refractivity contribution in [2.45, 2.75) is 6.42 Å². The number of nitro groups is 1. The average Bonchev–Trinajstić information content (AvgIpc) is 2.77. The highest BCUT2D eigenvalue weighted by atomic mass is 19.1. The summed E-state index contributed by atoms with van der Waals surface area (Å²) >= 11 is 0. The molecule has 1 aromatic heterocycles. The van der Waals surface area contributed by atoms with E-state index in [2.05, 4.69) is 10.2 Å². The van der Waals surface area contributed by atoms with Crippen LogP contribution in [0.2, 0.25) is 0 Å². The summed E-state index contributed by atoms with van der Waals surface area (Å²) < 4.78 is 18.3. The number of halogens is 1. The minimum Gasteiger partial charge on any atom is -0.420 e. The first-order chi connectivity index (χ1) is 8.61. The molecule has 0 aliphatic rings. The molecule has 8 heteroatoms. The van der Waals surface area contributed by atoms with E-state index < -0.39 is 10.7 Å². The zero-order valence-electron chi connectivity index (χ0n) is 9.17. The maximum atomic E-state index is 13.1. The Bertz CT molecular complexity index is 584. The molecule has 0 radical (unpaired) electrons. The quantitative estimate of drug-likeness (QED) is 0.648. The Kier molecular flexibility index (Phi) is 3.28. The SMILES string of the molecule is NCCc1nnc(-c2cc(F)ccc2[N+](=O)[O-])o1. The van der Waals surface area contributed by atoms with Gasteiger partial charge in [0.05, 0.1) is 4.92 Å². The first-order valence-corrected chi connectivity index (χ1v) is 5.08. The van der Waals surface area contributed by atoms with Crippen LogP contribution in [0.1, 0.15) is 5.89 Å². The number of rotatable bonds is 4. The first kappa shape index (κ1) is 12.1. The molecule has 0 aliphatic carbocycles. The van der Waals surface area contributed by atoms with Crippen molar-refractivity contribution in [3.63, 3.8) is 0 Å².